The Labute approximate surface area is 173 Å². The first-order valence-electron chi connectivity index (χ1n) is 8.43. The Morgan fingerprint density at radius 2 is 1.93 bits per heavy atom. The van der Waals surface area contributed by atoms with Crippen molar-refractivity contribution in [2.75, 3.05) is 7.05 Å². The number of sulfonamides is 1. The van der Waals surface area contributed by atoms with Gasteiger partial charge in [-0.1, -0.05) is 30.5 Å². The van der Waals surface area contributed by atoms with Gasteiger partial charge in [-0.15, -0.1) is 0 Å². The van der Waals surface area contributed by atoms with Crippen molar-refractivity contribution in [1.82, 2.24) is 9.71 Å². The number of pyridine rings is 1. The van der Waals surface area contributed by atoms with E-state index in [1.807, 2.05) is 0 Å². The predicted octanol–water partition coefficient (Wildman–Crippen LogP) is 2.44. The second-order valence-electron chi connectivity index (χ2n) is 6.08. The van der Waals surface area contributed by atoms with Crippen LogP contribution in [0.5, 0.6) is 0 Å². The summed E-state index contributed by atoms with van der Waals surface area (Å²) in [5.74, 6) is 0.243. The molecule has 0 aliphatic heterocycles. The summed E-state index contributed by atoms with van der Waals surface area (Å²) in [6, 6.07) is 4.38. The Hall–Kier alpha value is -1.78. The fourth-order valence-electron chi connectivity index (χ4n) is 3.15. The van der Waals surface area contributed by atoms with Crippen LogP contribution in [0.1, 0.15) is 25.7 Å². The summed E-state index contributed by atoms with van der Waals surface area (Å²) >= 11 is 11.8. The van der Waals surface area contributed by atoms with Gasteiger partial charge in [-0.2, -0.15) is 4.72 Å². The van der Waals surface area contributed by atoms with Crippen LogP contribution in [-0.2, 0) is 14.8 Å². The molecule has 0 amide bonds. The molecule has 152 valence electrons. The van der Waals surface area contributed by atoms with Crippen LogP contribution in [0.25, 0.3) is 10.8 Å². The second-order valence-corrected chi connectivity index (χ2v) is 8.52. The monoisotopic (exact) mass is 445 g/mol. The first-order valence-corrected chi connectivity index (χ1v) is 10.7. The largest absolute Gasteiger partial charge is 0.390 e. The number of benzene rings is 1. The molecule has 0 bridgehead atoms. The summed E-state index contributed by atoms with van der Waals surface area (Å²) in [6.07, 6.45) is 4.69. The van der Waals surface area contributed by atoms with Gasteiger partial charge >= 0.3 is 0 Å². The van der Waals surface area contributed by atoms with E-state index in [1.54, 1.807) is 6.07 Å². The summed E-state index contributed by atoms with van der Waals surface area (Å²) in [7, 11) is -2.49. The van der Waals surface area contributed by atoms with Crippen LogP contribution < -0.4 is 16.2 Å². The average molecular weight is 446 g/mol. The molecule has 1 aromatic carbocycles. The standard InChI is InChI=1S/C16H16Cl2N4O3S.CH5N/c17-13-8-20-14(21-9-19)12-7-10(3-4-11(12)13)26(24,25)22-16(15(18)23)5-1-2-6-16;1-2/h3-4,7-9,22H,1-2,5-6H2,(H2,19,20,21);2H2,1H3. The van der Waals surface area contributed by atoms with Gasteiger partial charge in [0.2, 0.25) is 15.3 Å². The van der Waals surface area contributed by atoms with Gasteiger partial charge in [-0.05, 0) is 43.6 Å². The molecule has 0 saturated heterocycles. The minimum atomic E-state index is -3.99. The molecule has 1 fully saturated rings. The number of carbonyl (C=O) groups excluding carboxylic acids is 1. The van der Waals surface area contributed by atoms with Crippen molar-refractivity contribution < 1.29 is 13.2 Å². The van der Waals surface area contributed by atoms with Crippen molar-refractivity contribution in [3.8, 4) is 0 Å². The summed E-state index contributed by atoms with van der Waals surface area (Å²) in [6.45, 7) is 0. The summed E-state index contributed by atoms with van der Waals surface area (Å²) in [5.41, 5.74) is 8.56. The zero-order chi connectivity index (χ0) is 20.9. The number of aliphatic imine (C=N–C) groups is 1. The quantitative estimate of drug-likeness (QED) is 0.366. The Morgan fingerprint density at radius 3 is 2.50 bits per heavy atom. The van der Waals surface area contributed by atoms with Crippen molar-refractivity contribution >= 4 is 61.4 Å². The van der Waals surface area contributed by atoms with E-state index in [0.717, 1.165) is 19.2 Å². The molecule has 2 aromatic rings. The maximum atomic E-state index is 12.9. The number of nitrogens with zero attached hydrogens (tertiary/aromatic N) is 2. The number of carbonyl (C=O) groups is 1. The van der Waals surface area contributed by atoms with E-state index in [4.69, 9.17) is 28.9 Å². The molecule has 28 heavy (non-hydrogen) atoms. The summed E-state index contributed by atoms with van der Waals surface area (Å²) < 4.78 is 28.2. The maximum absolute atomic E-state index is 12.9. The van der Waals surface area contributed by atoms with E-state index in [-0.39, 0.29) is 10.7 Å². The minimum absolute atomic E-state index is 0.0354. The molecule has 1 aliphatic carbocycles. The number of nitrogens with two attached hydrogens (primary N) is 2. The molecule has 5 N–H and O–H groups in total. The smallest absolute Gasteiger partial charge is 0.242 e. The number of aromatic nitrogens is 1. The Bertz CT molecular complexity index is 1010. The SMILES string of the molecule is CN.NC=Nc1ncc(Cl)c2ccc(S(=O)(=O)NC3(C(=O)Cl)CCCC3)cc12. The first kappa shape index (κ1) is 22.5. The highest BCUT2D eigenvalue weighted by Gasteiger charge is 2.43. The molecule has 1 heterocycles. The van der Waals surface area contributed by atoms with E-state index >= 15 is 0 Å². The van der Waals surface area contributed by atoms with Gasteiger partial charge in [0.25, 0.3) is 0 Å². The molecular weight excluding hydrogens is 425 g/mol. The molecule has 0 spiro atoms. The molecule has 0 radical (unpaired) electrons. The average Bonchev–Trinajstić information content (AvgIpc) is 3.15. The van der Waals surface area contributed by atoms with E-state index in [0.29, 0.717) is 28.6 Å². The van der Waals surface area contributed by atoms with E-state index < -0.39 is 20.8 Å². The molecule has 8 nitrogen and oxygen atoms in total. The number of halogens is 2. The van der Waals surface area contributed by atoms with Gasteiger partial charge in [0.05, 0.1) is 16.3 Å². The summed E-state index contributed by atoms with van der Waals surface area (Å²) in [5, 5.41) is 0.679. The Morgan fingerprint density at radius 1 is 1.29 bits per heavy atom. The first-order chi connectivity index (χ1) is 13.3. The van der Waals surface area contributed by atoms with Crippen LogP contribution in [0, 0.1) is 0 Å². The lowest BCUT2D eigenvalue weighted by atomic mass is 10.0. The number of hydrogen-bond donors (Lipinski definition) is 3. The highest BCUT2D eigenvalue weighted by molar-refractivity contribution is 7.89. The van der Waals surface area contributed by atoms with Gasteiger partial charge < -0.3 is 11.5 Å². The van der Waals surface area contributed by atoms with Crippen LogP contribution >= 0.6 is 23.2 Å². The van der Waals surface area contributed by atoms with Crippen LogP contribution in [0.4, 0.5) is 5.82 Å². The third kappa shape index (κ3) is 4.44. The lowest BCUT2D eigenvalue weighted by Crippen LogP contribution is -2.50. The van der Waals surface area contributed by atoms with Crippen molar-refractivity contribution in [1.29, 1.82) is 0 Å². The maximum Gasteiger partial charge on any atom is 0.242 e. The molecular formula is C17H21Cl2N5O3S. The lowest BCUT2D eigenvalue weighted by molar-refractivity contribution is -0.116. The fourth-order valence-corrected chi connectivity index (χ4v) is 5.10. The fraction of sp³-hybridized carbons (Fsp3) is 0.353. The zero-order valence-electron chi connectivity index (χ0n) is 15.2. The number of rotatable bonds is 5. The van der Waals surface area contributed by atoms with Gasteiger partial charge in [-0.25, -0.2) is 18.4 Å². The molecule has 11 heteroatoms. The minimum Gasteiger partial charge on any atom is -0.390 e. The molecule has 3 rings (SSSR count). The van der Waals surface area contributed by atoms with Crippen LogP contribution in [-0.4, -0.2) is 37.6 Å². The number of nitrogens with one attached hydrogen (secondary N) is 1. The van der Waals surface area contributed by atoms with Gasteiger partial charge in [-0.3, -0.25) is 4.79 Å². The van der Waals surface area contributed by atoms with Crippen molar-refractivity contribution in [2.45, 2.75) is 36.1 Å². The zero-order valence-corrected chi connectivity index (χ0v) is 17.5. The lowest BCUT2D eigenvalue weighted by Gasteiger charge is -2.25. The van der Waals surface area contributed by atoms with Crippen molar-refractivity contribution in [2.24, 2.45) is 16.5 Å². The summed E-state index contributed by atoms with van der Waals surface area (Å²) in [4.78, 5) is 19.8. The molecule has 0 unspecified atom stereocenters. The van der Waals surface area contributed by atoms with E-state index in [1.165, 1.54) is 25.4 Å². The third-order valence-corrected chi connectivity index (χ3v) is 6.66. The van der Waals surface area contributed by atoms with E-state index in [2.05, 4.69) is 20.4 Å². The highest BCUT2D eigenvalue weighted by Crippen LogP contribution is 2.35. The second kappa shape index (κ2) is 9.15. The number of hydrogen-bond acceptors (Lipinski definition) is 6. The van der Waals surface area contributed by atoms with Crippen molar-refractivity contribution in [3.63, 3.8) is 0 Å². The van der Waals surface area contributed by atoms with Gasteiger partial charge in [0, 0.05) is 17.0 Å². The highest BCUT2D eigenvalue weighted by atomic mass is 35.5. The van der Waals surface area contributed by atoms with Crippen LogP contribution in [0.2, 0.25) is 5.02 Å². The van der Waals surface area contributed by atoms with Crippen molar-refractivity contribution in [3.05, 3.63) is 29.4 Å². The Balaban J connectivity index is 0.00000136. The van der Waals surface area contributed by atoms with Crippen LogP contribution in [0.15, 0.2) is 34.3 Å². The normalized spacial score (nSPS) is 16.1. The number of fused-ring (bicyclic) bond motifs is 1. The molecule has 1 saturated carbocycles. The van der Waals surface area contributed by atoms with E-state index in [9.17, 15) is 13.2 Å². The Kier molecular flexibility index (Phi) is 7.35. The van der Waals surface area contributed by atoms with Gasteiger partial charge in [0.15, 0.2) is 5.82 Å². The van der Waals surface area contributed by atoms with Crippen LogP contribution in [0.3, 0.4) is 0 Å². The predicted molar refractivity (Wildman–Crippen MR) is 112 cm³/mol. The van der Waals surface area contributed by atoms with Gasteiger partial charge in [0.1, 0.15) is 5.54 Å². The molecule has 1 aromatic heterocycles. The third-order valence-electron chi connectivity index (χ3n) is 4.46. The molecule has 0 atom stereocenters. The molecule has 1 aliphatic rings. The topological polar surface area (TPSA) is 141 Å².